The number of benzene rings is 2. The summed E-state index contributed by atoms with van der Waals surface area (Å²) in [6.07, 6.45) is 0.878. The smallest absolute Gasteiger partial charge is 0.143 e. The lowest BCUT2D eigenvalue weighted by molar-refractivity contribution is 0.202. The van der Waals surface area contributed by atoms with E-state index in [2.05, 4.69) is 49.3 Å². The summed E-state index contributed by atoms with van der Waals surface area (Å²) in [5.41, 5.74) is 3.42. The molecule has 0 heterocycles. The van der Waals surface area contributed by atoms with Crippen molar-refractivity contribution in [3.8, 4) is 5.75 Å². The second-order valence-electron chi connectivity index (χ2n) is 4.66. The zero-order valence-electron chi connectivity index (χ0n) is 11.7. The van der Waals surface area contributed by atoms with E-state index >= 15 is 0 Å². The minimum absolute atomic E-state index is 0.222. The zero-order chi connectivity index (χ0) is 15.2. The van der Waals surface area contributed by atoms with Gasteiger partial charge >= 0.3 is 0 Å². The highest BCUT2D eigenvalue weighted by atomic mass is 79.9. The number of phenolic OH excluding ortho intramolecular Hbond substituents is 1. The van der Waals surface area contributed by atoms with Gasteiger partial charge in [-0.05, 0) is 67.6 Å². The molecule has 0 unspecified atom stereocenters. The largest absolute Gasteiger partial charge is 0.506 e. The number of hydrogen-bond acceptors (Lipinski definition) is 3. The second kappa shape index (κ2) is 7.82. The van der Waals surface area contributed by atoms with Gasteiger partial charge in [0.05, 0.1) is 15.6 Å². The molecule has 0 saturated heterocycles. The Bertz CT molecular complexity index is 594. The van der Waals surface area contributed by atoms with E-state index in [1.54, 1.807) is 7.11 Å². The van der Waals surface area contributed by atoms with Crippen LogP contribution in [0.4, 0.5) is 5.69 Å². The Kier molecular flexibility index (Phi) is 6.08. The number of nitrogens with one attached hydrogen (secondary N) is 1. The minimum Gasteiger partial charge on any atom is -0.506 e. The quantitative estimate of drug-likeness (QED) is 0.718. The summed E-state index contributed by atoms with van der Waals surface area (Å²) in [4.78, 5) is 0. The summed E-state index contributed by atoms with van der Waals surface area (Å²) in [5.74, 6) is 0.222. The van der Waals surface area contributed by atoms with E-state index in [4.69, 9.17) is 4.74 Å². The van der Waals surface area contributed by atoms with Gasteiger partial charge in [0, 0.05) is 19.3 Å². The Morgan fingerprint density at radius 1 is 1.14 bits per heavy atom. The molecule has 0 aliphatic carbocycles. The van der Waals surface area contributed by atoms with Gasteiger partial charge in [-0.25, -0.2) is 0 Å². The Labute approximate surface area is 141 Å². The zero-order valence-corrected chi connectivity index (χ0v) is 14.9. The standard InChI is InChI=1S/C16H17Br2NO2/c1-21-7-6-12-4-2-3-5-15(12)19-10-11-8-13(17)16(20)14(18)9-11/h2-5,8-9,19-20H,6-7,10H2,1H3. The summed E-state index contributed by atoms with van der Waals surface area (Å²) in [7, 11) is 1.71. The predicted molar refractivity (Wildman–Crippen MR) is 92.9 cm³/mol. The van der Waals surface area contributed by atoms with Crippen LogP contribution >= 0.6 is 31.9 Å². The highest BCUT2D eigenvalue weighted by Crippen LogP contribution is 2.33. The molecule has 0 amide bonds. The number of hydrogen-bond donors (Lipinski definition) is 2. The third-order valence-electron chi connectivity index (χ3n) is 3.15. The van der Waals surface area contributed by atoms with E-state index < -0.39 is 0 Å². The third-order valence-corrected chi connectivity index (χ3v) is 4.36. The van der Waals surface area contributed by atoms with Gasteiger partial charge in [-0.2, -0.15) is 0 Å². The van der Waals surface area contributed by atoms with Gasteiger partial charge in [0.1, 0.15) is 5.75 Å². The van der Waals surface area contributed by atoms with Crippen molar-refractivity contribution in [2.24, 2.45) is 0 Å². The van der Waals surface area contributed by atoms with Crippen LogP contribution in [0.2, 0.25) is 0 Å². The van der Waals surface area contributed by atoms with Crippen LogP contribution in [0.25, 0.3) is 0 Å². The second-order valence-corrected chi connectivity index (χ2v) is 6.37. The van der Waals surface area contributed by atoms with Crippen LogP contribution in [0.5, 0.6) is 5.75 Å². The Morgan fingerprint density at radius 2 is 1.81 bits per heavy atom. The first-order valence-electron chi connectivity index (χ1n) is 6.59. The molecule has 5 heteroatoms. The molecule has 2 rings (SSSR count). The van der Waals surface area contributed by atoms with Crippen LogP contribution < -0.4 is 5.32 Å². The van der Waals surface area contributed by atoms with Gasteiger partial charge in [-0.15, -0.1) is 0 Å². The van der Waals surface area contributed by atoms with Gasteiger partial charge in [-0.1, -0.05) is 18.2 Å². The number of halogens is 2. The topological polar surface area (TPSA) is 41.5 Å². The molecule has 0 aromatic heterocycles. The fourth-order valence-electron chi connectivity index (χ4n) is 2.04. The lowest BCUT2D eigenvalue weighted by atomic mass is 10.1. The molecule has 21 heavy (non-hydrogen) atoms. The maximum Gasteiger partial charge on any atom is 0.143 e. The van der Waals surface area contributed by atoms with Gasteiger partial charge in [-0.3, -0.25) is 0 Å². The SMILES string of the molecule is COCCc1ccccc1NCc1cc(Br)c(O)c(Br)c1. The monoisotopic (exact) mass is 413 g/mol. The molecule has 2 aromatic rings. The summed E-state index contributed by atoms with van der Waals surface area (Å²) in [6.45, 7) is 1.39. The molecule has 2 N–H and O–H groups in total. The average Bonchev–Trinajstić information content (AvgIpc) is 2.49. The Morgan fingerprint density at radius 3 is 2.48 bits per heavy atom. The van der Waals surface area contributed by atoms with E-state index in [1.165, 1.54) is 5.56 Å². The molecule has 3 nitrogen and oxygen atoms in total. The number of rotatable bonds is 6. The number of ether oxygens (including phenoxy) is 1. The molecular weight excluding hydrogens is 398 g/mol. The van der Waals surface area contributed by atoms with Gasteiger partial charge in [0.15, 0.2) is 0 Å². The van der Waals surface area contributed by atoms with Gasteiger partial charge in [0.2, 0.25) is 0 Å². The lowest BCUT2D eigenvalue weighted by Gasteiger charge is -2.13. The van der Waals surface area contributed by atoms with Crippen LogP contribution in [-0.4, -0.2) is 18.8 Å². The Hall–Kier alpha value is -1.04. The molecule has 0 bridgehead atoms. The van der Waals surface area contributed by atoms with E-state index in [0.717, 1.165) is 17.7 Å². The molecule has 112 valence electrons. The average molecular weight is 415 g/mol. The highest BCUT2D eigenvalue weighted by Gasteiger charge is 2.07. The van der Waals surface area contributed by atoms with Crippen molar-refractivity contribution in [1.29, 1.82) is 0 Å². The molecule has 0 spiro atoms. The van der Waals surface area contributed by atoms with E-state index in [1.807, 2.05) is 24.3 Å². The normalized spacial score (nSPS) is 10.6. The number of phenols is 1. The highest BCUT2D eigenvalue weighted by molar-refractivity contribution is 9.11. The Balaban J connectivity index is 2.09. The van der Waals surface area contributed by atoms with Crippen molar-refractivity contribution in [2.75, 3.05) is 19.0 Å². The number of aromatic hydroxyl groups is 1. The fraction of sp³-hybridized carbons (Fsp3) is 0.250. The van der Waals surface area contributed by atoms with Crippen molar-refractivity contribution < 1.29 is 9.84 Å². The first kappa shape index (κ1) is 16.3. The van der Waals surface area contributed by atoms with E-state index in [-0.39, 0.29) is 5.75 Å². The van der Waals surface area contributed by atoms with Gasteiger partial charge in [0.25, 0.3) is 0 Å². The van der Waals surface area contributed by atoms with E-state index in [9.17, 15) is 5.11 Å². The van der Waals surface area contributed by atoms with Crippen LogP contribution in [0, 0.1) is 0 Å². The molecule has 0 radical (unpaired) electrons. The number of para-hydroxylation sites is 1. The molecule has 2 aromatic carbocycles. The van der Waals surface area contributed by atoms with Crippen molar-refractivity contribution in [3.63, 3.8) is 0 Å². The maximum absolute atomic E-state index is 9.73. The van der Waals surface area contributed by atoms with E-state index in [0.29, 0.717) is 22.1 Å². The van der Waals surface area contributed by atoms with Crippen molar-refractivity contribution >= 4 is 37.5 Å². The summed E-state index contributed by atoms with van der Waals surface area (Å²) >= 11 is 6.69. The molecular formula is C16H17Br2NO2. The summed E-state index contributed by atoms with van der Waals surface area (Å²) in [5, 5.41) is 13.2. The minimum atomic E-state index is 0.222. The molecule has 0 saturated carbocycles. The number of methoxy groups -OCH3 is 1. The fourth-order valence-corrected chi connectivity index (χ4v) is 3.32. The first-order chi connectivity index (χ1) is 10.1. The lowest BCUT2D eigenvalue weighted by Crippen LogP contribution is -2.04. The van der Waals surface area contributed by atoms with Gasteiger partial charge < -0.3 is 15.2 Å². The predicted octanol–water partition coefficient (Wildman–Crippen LogP) is 4.72. The molecule has 0 aliphatic rings. The van der Waals surface area contributed by atoms with Crippen LogP contribution in [-0.2, 0) is 17.7 Å². The maximum atomic E-state index is 9.73. The van der Waals surface area contributed by atoms with Crippen molar-refractivity contribution in [2.45, 2.75) is 13.0 Å². The van der Waals surface area contributed by atoms with Crippen LogP contribution in [0.15, 0.2) is 45.3 Å². The third kappa shape index (κ3) is 4.46. The summed E-state index contributed by atoms with van der Waals surface area (Å²) in [6, 6.07) is 12.0. The van der Waals surface area contributed by atoms with Crippen molar-refractivity contribution in [3.05, 3.63) is 56.5 Å². The van der Waals surface area contributed by atoms with Crippen LogP contribution in [0.3, 0.4) is 0 Å². The molecule has 0 aliphatic heterocycles. The molecule has 0 atom stereocenters. The molecule has 0 fully saturated rings. The van der Waals surface area contributed by atoms with Crippen LogP contribution in [0.1, 0.15) is 11.1 Å². The number of anilines is 1. The van der Waals surface area contributed by atoms with Crippen molar-refractivity contribution in [1.82, 2.24) is 0 Å². The summed E-state index contributed by atoms with van der Waals surface area (Å²) < 4.78 is 6.50. The first-order valence-corrected chi connectivity index (χ1v) is 8.18.